The van der Waals surface area contributed by atoms with Crippen LogP contribution in [0.5, 0.6) is 5.75 Å². The lowest BCUT2D eigenvalue weighted by atomic mass is 10.1. The molecule has 1 aliphatic heterocycles. The van der Waals surface area contributed by atoms with E-state index in [9.17, 15) is 10.1 Å². The van der Waals surface area contributed by atoms with E-state index in [1.165, 1.54) is 6.20 Å². The average molecular weight is 396 g/mol. The summed E-state index contributed by atoms with van der Waals surface area (Å²) in [5.74, 6) is 1.10. The van der Waals surface area contributed by atoms with Crippen molar-refractivity contribution in [3.05, 3.63) is 51.4 Å². The van der Waals surface area contributed by atoms with Crippen molar-refractivity contribution in [3.8, 4) is 11.8 Å². The number of hydrogen-bond acceptors (Lipinski definition) is 6. The lowest BCUT2D eigenvalue weighted by molar-refractivity contribution is 0.264. The minimum Gasteiger partial charge on any atom is -0.486 e. The maximum absolute atomic E-state index is 13.3. The average Bonchev–Trinajstić information content (AvgIpc) is 2.68. The number of rotatable bonds is 6. The van der Waals surface area contributed by atoms with E-state index in [4.69, 9.17) is 10.5 Å². The van der Waals surface area contributed by atoms with Crippen LogP contribution in [0.2, 0.25) is 0 Å². The zero-order valence-corrected chi connectivity index (χ0v) is 17.4. The van der Waals surface area contributed by atoms with Crippen LogP contribution < -0.4 is 20.9 Å². The van der Waals surface area contributed by atoms with Gasteiger partial charge in [-0.25, -0.2) is 4.98 Å². The number of ether oxygens (including phenoxy) is 1. The second-order valence-electron chi connectivity index (χ2n) is 8.14. The van der Waals surface area contributed by atoms with Gasteiger partial charge >= 0.3 is 0 Å². The molecule has 1 aromatic carbocycles. The van der Waals surface area contributed by atoms with Crippen molar-refractivity contribution in [1.29, 1.82) is 5.26 Å². The molecule has 0 unspecified atom stereocenters. The highest BCUT2D eigenvalue weighted by atomic mass is 16.5. The lowest BCUT2D eigenvalue weighted by Crippen LogP contribution is -2.45. The predicted octanol–water partition coefficient (Wildman–Crippen LogP) is 2.43. The Morgan fingerprint density at radius 3 is 2.90 bits per heavy atom. The van der Waals surface area contributed by atoms with E-state index in [2.05, 4.69) is 16.0 Å². The van der Waals surface area contributed by atoms with Crippen molar-refractivity contribution < 1.29 is 4.74 Å². The molecule has 0 aliphatic carbocycles. The van der Waals surface area contributed by atoms with Gasteiger partial charge < -0.3 is 15.4 Å². The van der Waals surface area contributed by atoms with Crippen molar-refractivity contribution in [3.63, 3.8) is 0 Å². The summed E-state index contributed by atoms with van der Waals surface area (Å²) in [4.78, 5) is 19.9. The Morgan fingerprint density at radius 1 is 1.41 bits per heavy atom. The normalized spacial score (nSPS) is 16.7. The number of aryl methyl sites for hydroxylation is 1. The van der Waals surface area contributed by atoms with Crippen LogP contribution >= 0.6 is 0 Å². The fourth-order valence-electron chi connectivity index (χ4n) is 3.54. The van der Waals surface area contributed by atoms with Gasteiger partial charge in [-0.3, -0.25) is 9.36 Å². The molecule has 1 fully saturated rings. The Labute approximate surface area is 171 Å². The maximum Gasteiger partial charge on any atom is 0.297 e. The molecule has 0 radical (unpaired) electrons. The summed E-state index contributed by atoms with van der Waals surface area (Å²) in [6.07, 6.45) is 3.43. The Kier molecular flexibility index (Phi) is 6.55. The molecule has 1 aliphatic rings. The van der Waals surface area contributed by atoms with Crippen molar-refractivity contribution in [2.45, 2.75) is 46.2 Å². The van der Waals surface area contributed by atoms with E-state index in [0.717, 1.165) is 30.5 Å². The number of nitriles is 1. The molecule has 0 saturated carbocycles. The van der Waals surface area contributed by atoms with Gasteiger partial charge in [-0.2, -0.15) is 5.26 Å². The zero-order chi connectivity index (χ0) is 21.0. The monoisotopic (exact) mass is 395 g/mol. The van der Waals surface area contributed by atoms with Crippen LogP contribution in [-0.2, 0) is 6.54 Å². The van der Waals surface area contributed by atoms with E-state index in [-0.39, 0.29) is 23.9 Å². The quantitative estimate of drug-likeness (QED) is 0.807. The minimum absolute atomic E-state index is 0.0552. The van der Waals surface area contributed by atoms with E-state index >= 15 is 0 Å². The molecule has 2 N–H and O–H groups in total. The summed E-state index contributed by atoms with van der Waals surface area (Å²) in [5.41, 5.74) is 8.30. The van der Waals surface area contributed by atoms with Gasteiger partial charge in [-0.1, -0.05) is 31.5 Å². The third kappa shape index (κ3) is 4.96. The molecule has 7 nitrogen and oxygen atoms in total. The molecule has 1 aromatic heterocycles. The van der Waals surface area contributed by atoms with Crippen LogP contribution in [0.15, 0.2) is 29.2 Å². The smallest absolute Gasteiger partial charge is 0.297 e. The first-order valence-corrected chi connectivity index (χ1v) is 10.1. The molecule has 29 heavy (non-hydrogen) atoms. The highest BCUT2D eigenvalue weighted by Crippen LogP contribution is 2.20. The van der Waals surface area contributed by atoms with E-state index in [1.54, 1.807) is 10.6 Å². The van der Waals surface area contributed by atoms with Crippen LogP contribution in [0.4, 0.5) is 5.95 Å². The first-order valence-electron chi connectivity index (χ1n) is 10.1. The molecule has 154 valence electrons. The Hall–Kier alpha value is -2.85. The first kappa shape index (κ1) is 20.9. The molecule has 7 heteroatoms. The number of nitrogens with zero attached hydrogens (tertiary/aromatic N) is 4. The third-order valence-corrected chi connectivity index (χ3v) is 5.02. The molecular formula is C22H29N5O2. The fraction of sp³-hybridized carbons (Fsp3) is 0.500. The van der Waals surface area contributed by atoms with E-state index < -0.39 is 0 Å². The van der Waals surface area contributed by atoms with Gasteiger partial charge in [0.1, 0.15) is 0 Å². The zero-order valence-electron chi connectivity index (χ0n) is 17.4. The molecule has 2 heterocycles. The highest BCUT2D eigenvalue weighted by Gasteiger charge is 2.23. The number of aromatic nitrogens is 2. The Morgan fingerprint density at radius 2 is 2.21 bits per heavy atom. The molecule has 0 bridgehead atoms. The summed E-state index contributed by atoms with van der Waals surface area (Å²) >= 11 is 0. The Bertz CT molecular complexity index is 961. The van der Waals surface area contributed by atoms with Gasteiger partial charge in [0.05, 0.1) is 31.0 Å². The molecule has 1 saturated heterocycles. The van der Waals surface area contributed by atoms with Gasteiger partial charge in [0.15, 0.2) is 0 Å². The summed E-state index contributed by atoms with van der Waals surface area (Å²) < 4.78 is 7.33. The molecule has 0 amide bonds. The predicted molar refractivity (Wildman–Crippen MR) is 113 cm³/mol. The minimum atomic E-state index is -0.236. The summed E-state index contributed by atoms with van der Waals surface area (Å²) in [7, 11) is 0. The SMILES string of the molecule is Cc1ccc(C#N)c(Cn2c(N3CCC[C@@H](N)C3)ncc(OCC(C)C)c2=O)c1. The molecule has 3 rings (SSSR count). The third-order valence-electron chi connectivity index (χ3n) is 5.02. The number of piperidine rings is 1. The van der Waals surface area contributed by atoms with Gasteiger partial charge in [-0.15, -0.1) is 0 Å². The number of benzene rings is 1. The van der Waals surface area contributed by atoms with E-state index in [0.29, 0.717) is 30.6 Å². The van der Waals surface area contributed by atoms with Crippen molar-refractivity contribution in [1.82, 2.24) is 9.55 Å². The largest absolute Gasteiger partial charge is 0.486 e. The van der Waals surface area contributed by atoms with Crippen LogP contribution in [0.3, 0.4) is 0 Å². The van der Waals surface area contributed by atoms with Crippen LogP contribution in [0.1, 0.15) is 43.4 Å². The highest BCUT2D eigenvalue weighted by molar-refractivity contribution is 5.42. The summed E-state index contributed by atoms with van der Waals surface area (Å²) in [5, 5.41) is 9.50. The lowest BCUT2D eigenvalue weighted by Gasteiger charge is -2.33. The van der Waals surface area contributed by atoms with Gasteiger partial charge in [-0.05, 0) is 37.3 Å². The molecular weight excluding hydrogens is 366 g/mol. The second-order valence-corrected chi connectivity index (χ2v) is 8.14. The van der Waals surface area contributed by atoms with Gasteiger partial charge in [0.25, 0.3) is 5.56 Å². The topological polar surface area (TPSA) is 97.2 Å². The standard InChI is InChI=1S/C22H29N5O2/c1-15(2)14-29-20-11-25-22(26-8-4-5-19(24)13-26)27(21(20)28)12-18-9-16(3)6-7-17(18)10-23/h6-7,9,11,15,19H,4-5,8,12-14,24H2,1-3H3/t19-/m1/s1. The first-order chi connectivity index (χ1) is 13.9. The molecule has 2 aromatic rings. The van der Waals surface area contributed by atoms with Crippen molar-refractivity contribution in [2.24, 2.45) is 11.7 Å². The number of nitrogens with two attached hydrogens (primary N) is 1. The van der Waals surface area contributed by atoms with Crippen molar-refractivity contribution >= 4 is 5.95 Å². The van der Waals surface area contributed by atoms with E-state index in [1.807, 2.05) is 32.9 Å². The second kappa shape index (κ2) is 9.10. The van der Waals surface area contributed by atoms with Crippen LogP contribution in [-0.4, -0.2) is 35.3 Å². The maximum atomic E-state index is 13.3. The Balaban J connectivity index is 2.05. The van der Waals surface area contributed by atoms with Crippen LogP contribution in [0, 0.1) is 24.2 Å². The summed E-state index contributed by atoms with van der Waals surface area (Å²) in [6.45, 7) is 8.18. The van der Waals surface area contributed by atoms with Crippen LogP contribution in [0.25, 0.3) is 0 Å². The van der Waals surface area contributed by atoms with Gasteiger partial charge in [0.2, 0.25) is 11.7 Å². The number of hydrogen-bond donors (Lipinski definition) is 1. The van der Waals surface area contributed by atoms with Gasteiger partial charge in [0, 0.05) is 19.1 Å². The molecule has 1 atom stereocenters. The number of anilines is 1. The molecule has 0 spiro atoms. The fourth-order valence-corrected chi connectivity index (χ4v) is 3.54. The summed E-state index contributed by atoms with van der Waals surface area (Å²) in [6, 6.07) is 7.91. The van der Waals surface area contributed by atoms with Crippen molar-refractivity contribution in [2.75, 3.05) is 24.6 Å².